The highest BCUT2D eigenvalue weighted by atomic mass is 35.5. The highest BCUT2D eigenvalue weighted by Crippen LogP contribution is 2.33. The van der Waals surface area contributed by atoms with Crippen molar-refractivity contribution in [2.45, 2.75) is 50.2 Å². The molecule has 1 N–H and O–H groups in total. The summed E-state index contributed by atoms with van der Waals surface area (Å²) < 4.78 is 40.4. The van der Waals surface area contributed by atoms with E-state index in [1.165, 1.54) is 49.5 Å². The number of hydrogen-bond donors (Lipinski definition) is 1. The largest absolute Gasteiger partial charge is 0.493 e. The molecule has 2 amide bonds. The van der Waals surface area contributed by atoms with Crippen molar-refractivity contribution in [3.8, 4) is 11.5 Å². The molecule has 4 aromatic rings. The van der Waals surface area contributed by atoms with E-state index >= 15 is 0 Å². The van der Waals surface area contributed by atoms with E-state index in [2.05, 4.69) is 5.32 Å². The van der Waals surface area contributed by atoms with Crippen LogP contribution in [-0.2, 0) is 32.6 Å². The van der Waals surface area contributed by atoms with Crippen molar-refractivity contribution in [3.63, 3.8) is 0 Å². The number of nitrogens with one attached hydrogen (secondary N) is 1. The maximum absolute atomic E-state index is 14.6. The molecule has 0 fully saturated rings. The molecule has 9 nitrogen and oxygen atoms in total. The van der Waals surface area contributed by atoms with Crippen molar-refractivity contribution in [1.29, 1.82) is 0 Å². The monoisotopic (exact) mass is 677 g/mol. The summed E-state index contributed by atoms with van der Waals surface area (Å²) in [6.07, 6.45) is 0.926. The molecule has 0 aromatic heterocycles. The van der Waals surface area contributed by atoms with E-state index in [9.17, 15) is 18.0 Å². The second-order valence-electron chi connectivity index (χ2n) is 11.0. The summed E-state index contributed by atoms with van der Waals surface area (Å²) in [6, 6.07) is 28.1. The van der Waals surface area contributed by atoms with Crippen LogP contribution < -0.4 is 19.1 Å². The molecule has 0 aliphatic heterocycles. The first kappa shape index (κ1) is 35.3. The van der Waals surface area contributed by atoms with Crippen LogP contribution >= 0.6 is 11.6 Å². The van der Waals surface area contributed by atoms with Gasteiger partial charge in [-0.3, -0.25) is 13.9 Å². The fourth-order valence-electron chi connectivity index (χ4n) is 5.02. The third kappa shape index (κ3) is 9.05. The molecule has 248 valence electrons. The van der Waals surface area contributed by atoms with Crippen molar-refractivity contribution in [2.75, 3.05) is 25.1 Å². The van der Waals surface area contributed by atoms with Crippen molar-refractivity contribution in [2.24, 2.45) is 0 Å². The van der Waals surface area contributed by atoms with Crippen LogP contribution in [-0.4, -0.2) is 58.0 Å². The van der Waals surface area contributed by atoms with Gasteiger partial charge in [-0.25, -0.2) is 8.42 Å². The Morgan fingerprint density at radius 3 is 2.00 bits per heavy atom. The normalized spacial score (nSPS) is 12.4. The molecule has 4 aromatic carbocycles. The van der Waals surface area contributed by atoms with E-state index < -0.39 is 28.5 Å². The van der Waals surface area contributed by atoms with Crippen molar-refractivity contribution in [3.05, 3.63) is 119 Å². The van der Waals surface area contributed by atoms with Gasteiger partial charge in [-0.15, -0.1) is 0 Å². The van der Waals surface area contributed by atoms with Gasteiger partial charge in [-0.05, 0) is 60.9 Å². The number of rotatable bonds is 15. The van der Waals surface area contributed by atoms with Crippen LogP contribution in [0.4, 0.5) is 5.69 Å². The number of benzene rings is 4. The van der Waals surface area contributed by atoms with Gasteiger partial charge in [0, 0.05) is 30.1 Å². The molecule has 0 saturated carbocycles. The highest BCUT2D eigenvalue weighted by Gasteiger charge is 2.35. The van der Waals surface area contributed by atoms with E-state index in [1.807, 2.05) is 74.5 Å². The zero-order chi connectivity index (χ0) is 34.0. The third-order valence-electron chi connectivity index (χ3n) is 7.80. The smallest absolute Gasteiger partial charge is 0.264 e. The summed E-state index contributed by atoms with van der Waals surface area (Å²) >= 11 is 6.16. The predicted molar refractivity (Wildman–Crippen MR) is 184 cm³/mol. The van der Waals surface area contributed by atoms with Gasteiger partial charge in [0.15, 0.2) is 11.5 Å². The van der Waals surface area contributed by atoms with Gasteiger partial charge in [0.25, 0.3) is 10.0 Å². The molecule has 0 aliphatic carbocycles. The minimum absolute atomic E-state index is 0.0793. The molecule has 2 atom stereocenters. The van der Waals surface area contributed by atoms with Gasteiger partial charge in [-0.2, -0.15) is 0 Å². The minimum atomic E-state index is -4.35. The zero-order valence-corrected chi connectivity index (χ0v) is 28.5. The number of nitrogens with zero attached hydrogens (tertiary/aromatic N) is 2. The molecule has 0 saturated heterocycles. The Balaban J connectivity index is 1.81. The van der Waals surface area contributed by atoms with Gasteiger partial charge >= 0.3 is 0 Å². The lowest BCUT2D eigenvalue weighted by atomic mass is 10.0. The molecular weight excluding hydrogens is 638 g/mol. The van der Waals surface area contributed by atoms with Crippen molar-refractivity contribution >= 4 is 39.1 Å². The van der Waals surface area contributed by atoms with E-state index in [0.29, 0.717) is 17.2 Å². The lowest BCUT2D eigenvalue weighted by Crippen LogP contribution is -2.54. The van der Waals surface area contributed by atoms with Crippen LogP contribution in [0.5, 0.6) is 11.5 Å². The maximum atomic E-state index is 14.6. The van der Waals surface area contributed by atoms with Gasteiger partial charge in [0.1, 0.15) is 12.6 Å². The molecular formula is C36H40ClN3O6S. The number of halogens is 1. The van der Waals surface area contributed by atoms with Crippen molar-refractivity contribution in [1.82, 2.24) is 10.2 Å². The lowest BCUT2D eigenvalue weighted by Gasteiger charge is -2.34. The van der Waals surface area contributed by atoms with Gasteiger partial charge in [0.05, 0.1) is 24.8 Å². The first-order valence-corrected chi connectivity index (χ1v) is 17.1. The average molecular weight is 678 g/mol. The summed E-state index contributed by atoms with van der Waals surface area (Å²) in [5.74, 6) is -0.321. The Morgan fingerprint density at radius 2 is 1.43 bits per heavy atom. The van der Waals surface area contributed by atoms with E-state index in [1.54, 1.807) is 12.1 Å². The molecule has 0 aliphatic rings. The lowest BCUT2D eigenvalue weighted by molar-refractivity contribution is -0.140. The summed E-state index contributed by atoms with van der Waals surface area (Å²) in [4.78, 5) is 29.8. The number of sulfonamides is 1. The molecule has 0 bridgehead atoms. The van der Waals surface area contributed by atoms with Crippen LogP contribution in [0, 0.1) is 0 Å². The summed E-state index contributed by atoms with van der Waals surface area (Å²) in [6.45, 7) is 3.36. The number of ether oxygens (including phenoxy) is 2. The first-order valence-electron chi connectivity index (χ1n) is 15.2. The van der Waals surface area contributed by atoms with Crippen LogP contribution in [0.3, 0.4) is 0 Å². The Hall–Kier alpha value is -4.54. The first-order chi connectivity index (χ1) is 22.6. The Morgan fingerprint density at radius 1 is 0.830 bits per heavy atom. The van der Waals surface area contributed by atoms with Crippen molar-refractivity contribution < 1.29 is 27.5 Å². The summed E-state index contributed by atoms with van der Waals surface area (Å²) in [7, 11) is -1.48. The fraction of sp³-hybridized carbons (Fsp3) is 0.278. The van der Waals surface area contributed by atoms with Gasteiger partial charge < -0.3 is 19.7 Å². The summed E-state index contributed by atoms with van der Waals surface area (Å²) in [5, 5.41) is 3.44. The number of methoxy groups -OCH3 is 2. The van der Waals surface area contributed by atoms with Gasteiger partial charge in [-0.1, -0.05) is 79.2 Å². The third-order valence-corrected chi connectivity index (χ3v) is 9.83. The minimum Gasteiger partial charge on any atom is -0.493 e. The van der Waals surface area contributed by atoms with E-state index in [0.717, 1.165) is 15.4 Å². The topological polar surface area (TPSA) is 105 Å². The quantitative estimate of drug-likeness (QED) is 0.163. The molecule has 2 unspecified atom stereocenters. The molecule has 0 heterocycles. The molecule has 0 spiro atoms. The highest BCUT2D eigenvalue weighted by molar-refractivity contribution is 7.92. The molecule has 0 radical (unpaired) electrons. The summed E-state index contributed by atoms with van der Waals surface area (Å²) in [5.41, 5.74) is 1.87. The van der Waals surface area contributed by atoms with E-state index in [4.69, 9.17) is 21.1 Å². The van der Waals surface area contributed by atoms with Crippen LogP contribution in [0.2, 0.25) is 5.02 Å². The Kier molecular flexibility index (Phi) is 12.3. The second kappa shape index (κ2) is 16.3. The maximum Gasteiger partial charge on any atom is 0.264 e. The molecule has 47 heavy (non-hydrogen) atoms. The van der Waals surface area contributed by atoms with Crippen LogP contribution in [0.25, 0.3) is 0 Å². The predicted octanol–water partition coefficient (Wildman–Crippen LogP) is 6.11. The fourth-order valence-corrected chi connectivity index (χ4v) is 6.57. The number of anilines is 1. The zero-order valence-electron chi connectivity index (χ0n) is 26.9. The second-order valence-corrected chi connectivity index (χ2v) is 13.3. The number of hydrogen-bond acceptors (Lipinski definition) is 6. The number of carbonyl (C=O) groups is 2. The standard InChI is InChI=1S/C36H40ClN3O6S/c1-5-26(2)38-36(42)32(22-27-12-8-6-9-13-27)39(24-28-14-10-7-11-15-28)35(41)25-40(30-18-16-29(37)17-19-30)47(43,44)31-20-21-33(45-3)34(23-31)46-4/h6-21,23,26,32H,5,22,24-25H2,1-4H3,(H,38,42). The van der Waals surface area contributed by atoms with Crippen LogP contribution in [0.1, 0.15) is 31.4 Å². The van der Waals surface area contributed by atoms with Crippen LogP contribution in [0.15, 0.2) is 108 Å². The van der Waals surface area contributed by atoms with E-state index in [-0.39, 0.29) is 41.2 Å². The SMILES string of the molecule is CCC(C)NC(=O)C(Cc1ccccc1)N(Cc1ccccc1)C(=O)CN(c1ccc(Cl)cc1)S(=O)(=O)c1ccc(OC)c(OC)c1. The number of amides is 2. The number of carbonyl (C=O) groups excluding carboxylic acids is 2. The Bertz CT molecular complexity index is 1740. The average Bonchev–Trinajstić information content (AvgIpc) is 3.09. The Labute approximate surface area is 282 Å². The molecule has 4 rings (SSSR count). The molecule has 11 heteroatoms. The van der Waals surface area contributed by atoms with Gasteiger partial charge in [0.2, 0.25) is 11.8 Å².